The van der Waals surface area contributed by atoms with Crippen LogP contribution in [0.25, 0.3) is 5.52 Å². The van der Waals surface area contributed by atoms with Crippen molar-refractivity contribution in [3.63, 3.8) is 0 Å². The fourth-order valence-electron chi connectivity index (χ4n) is 1.21. The van der Waals surface area contributed by atoms with Crippen LogP contribution in [0.1, 0.15) is 5.56 Å². The molecule has 0 radical (unpaired) electrons. The van der Waals surface area contributed by atoms with Crippen LogP contribution in [-0.2, 0) is 6.54 Å². The number of halogens is 1. The monoisotopic (exact) mass is 225 g/mol. The maximum absolute atomic E-state index is 5.56. The lowest BCUT2D eigenvalue weighted by molar-refractivity contribution is 0.958. The van der Waals surface area contributed by atoms with Gasteiger partial charge in [0.25, 0.3) is 0 Å². The standard InChI is InChI=1S/C8H8BrN3/c9-7-2-1-3-12-8(7)6(4-10)5-11-12/h1-3,5H,4,10H2. The largest absolute Gasteiger partial charge is 0.326 e. The lowest BCUT2D eigenvalue weighted by Crippen LogP contribution is -1.95. The summed E-state index contributed by atoms with van der Waals surface area (Å²) in [5, 5.41) is 4.16. The second-order valence-electron chi connectivity index (χ2n) is 2.52. The summed E-state index contributed by atoms with van der Waals surface area (Å²) in [5.74, 6) is 0. The van der Waals surface area contributed by atoms with E-state index in [1.54, 1.807) is 6.20 Å². The van der Waals surface area contributed by atoms with Crippen molar-refractivity contribution >= 4 is 21.4 Å². The second kappa shape index (κ2) is 2.88. The molecule has 2 rings (SSSR count). The van der Waals surface area contributed by atoms with Crippen LogP contribution in [0.3, 0.4) is 0 Å². The third-order valence-corrected chi connectivity index (χ3v) is 2.43. The van der Waals surface area contributed by atoms with E-state index in [2.05, 4.69) is 21.0 Å². The number of aromatic nitrogens is 2. The molecular formula is C8H8BrN3. The normalized spacial score (nSPS) is 10.8. The average molecular weight is 226 g/mol. The topological polar surface area (TPSA) is 43.3 Å². The molecule has 0 saturated carbocycles. The second-order valence-corrected chi connectivity index (χ2v) is 3.38. The smallest absolute Gasteiger partial charge is 0.0848 e. The van der Waals surface area contributed by atoms with Crippen molar-refractivity contribution in [3.8, 4) is 0 Å². The van der Waals surface area contributed by atoms with E-state index in [1.165, 1.54) is 0 Å². The molecule has 0 aromatic carbocycles. The number of pyridine rings is 1. The van der Waals surface area contributed by atoms with Crippen molar-refractivity contribution in [2.45, 2.75) is 6.54 Å². The lowest BCUT2D eigenvalue weighted by Gasteiger charge is -1.97. The van der Waals surface area contributed by atoms with Crippen molar-refractivity contribution in [1.29, 1.82) is 0 Å². The Morgan fingerprint density at radius 2 is 2.42 bits per heavy atom. The number of nitrogens with two attached hydrogens (primary N) is 1. The van der Waals surface area contributed by atoms with Crippen LogP contribution in [0.15, 0.2) is 29.0 Å². The van der Waals surface area contributed by atoms with E-state index in [-0.39, 0.29) is 0 Å². The molecule has 2 aromatic rings. The van der Waals surface area contributed by atoms with E-state index in [0.29, 0.717) is 6.54 Å². The highest BCUT2D eigenvalue weighted by Crippen LogP contribution is 2.20. The van der Waals surface area contributed by atoms with Gasteiger partial charge in [-0.05, 0) is 28.1 Å². The van der Waals surface area contributed by atoms with Crippen molar-refractivity contribution in [3.05, 3.63) is 34.6 Å². The molecule has 0 atom stereocenters. The van der Waals surface area contributed by atoms with Gasteiger partial charge in [0, 0.05) is 22.8 Å². The van der Waals surface area contributed by atoms with Gasteiger partial charge in [-0.25, -0.2) is 4.52 Å². The molecule has 0 aliphatic rings. The van der Waals surface area contributed by atoms with E-state index in [9.17, 15) is 0 Å². The molecule has 0 spiro atoms. The molecule has 0 fully saturated rings. The van der Waals surface area contributed by atoms with E-state index >= 15 is 0 Å². The van der Waals surface area contributed by atoms with Crippen molar-refractivity contribution in [2.24, 2.45) is 5.73 Å². The van der Waals surface area contributed by atoms with Crippen LogP contribution in [0.2, 0.25) is 0 Å². The fraction of sp³-hybridized carbons (Fsp3) is 0.125. The Morgan fingerprint density at radius 3 is 3.17 bits per heavy atom. The van der Waals surface area contributed by atoms with Gasteiger partial charge in [-0.15, -0.1) is 0 Å². The quantitative estimate of drug-likeness (QED) is 0.801. The van der Waals surface area contributed by atoms with Crippen molar-refractivity contribution in [2.75, 3.05) is 0 Å². The van der Waals surface area contributed by atoms with Gasteiger partial charge in [0.1, 0.15) is 0 Å². The summed E-state index contributed by atoms with van der Waals surface area (Å²) >= 11 is 3.45. The minimum atomic E-state index is 0.520. The summed E-state index contributed by atoms with van der Waals surface area (Å²) in [6.45, 7) is 0.520. The number of nitrogens with zero attached hydrogens (tertiary/aromatic N) is 2. The predicted octanol–water partition coefficient (Wildman–Crippen LogP) is 1.56. The zero-order valence-corrected chi connectivity index (χ0v) is 7.95. The summed E-state index contributed by atoms with van der Waals surface area (Å²) in [6, 6.07) is 3.92. The summed E-state index contributed by atoms with van der Waals surface area (Å²) < 4.78 is 2.84. The highest BCUT2D eigenvalue weighted by atomic mass is 79.9. The molecular weight excluding hydrogens is 218 g/mol. The molecule has 0 amide bonds. The van der Waals surface area contributed by atoms with E-state index in [0.717, 1.165) is 15.6 Å². The van der Waals surface area contributed by atoms with Gasteiger partial charge in [0.15, 0.2) is 0 Å². The van der Waals surface area contributed by atoms with Crippen LogP contribution in [-0.4, -0.2) is 9.61 Å². The Kier molecular flexibility index (Phi) is 1.86. The summed E-state index contributed by atoms with van der Waals surface area (Å²) in [4.78, 5) is 0. The van der Waals surface area contributed by atoms with Crippen LogP contribution >= 0.6 is 15.9 Å². The van der Waals surface area contributed by atoms with Crippen LogP contribution in [0.5, 0.6) is 0 Å². The minimum absolute atomic E-state index is 0.520. The first-order chi connectivity index (χ1) is 5.83. The molecule has 2 aromatic heterocycles. The highest BCUT2D eigenvalue weighted by Gasteiger charge is 2.04. The van der Waals surface area contributed by atoms with Gasteiger partial charge >= 0.3 is 0 Å². The number of rotatable bonds is 1. The van der Waals surface area contributed by atoms with Gasteiger partial charge in [-0.2, -0.15) is 5.10 Å². The van der Waals surface area contributed by atoms with Crippen LogP contribution < -0.4 is 5.73 Å². The Balaban J connectivity index is 2.83. The maximum atomic E-state index is 5.56. The summed E-state index contributed by atoms with van der Waals surface area (Å²) in [5.41, 5.74) is 7.67. The average Bonchev–Trinajstić information content (AvgIpc) is 2.49. The minimum Gasteiger partial charge on any atom is -0.326 e. The Hall–Kier alpha value is -0.870. The molecule has 2 N–H and O–H groups in total. The third kappa shape index (κ3) is 1.04. The van der Waals surface area contributed by atoms with Gasteiger partial charge in [0.05, 0.1) is 11.7 Å². The highest BCUT2D eigenvalue weighted by molar-refractivity contribution is 9.10. The molecule has 4 heteroatoms. The zero-order chi connectivity index (χ0) is 8.55. The third-order valence-electron chi connectivity index (χ3n) is 1.79. The number of fused-ring (bicyclic) bond motifs is 1. The van der Waals surface area contributed by atoms with E-state index in [1.807, 2.05) is 22.8 Å². The SMILES string of the molecule is NCc1cnn2cccc(Br)c12. The molecule has 0 unspecified atom stereocenters. The first kappa shape index (κ1) is 7.76. The molecule has 0 saturated heterocycles. The molecule has 12 heavy (non-hydrogen) atoms. The van der Waals surface area contributed by atoms with Crippen molar-refractivity contribution < 1.29 is 0 Å². The van der Waals surface area contributed by atoms with Gasteiger partial charge in [-0.3, -0.25) is 0 Å². The molecule has 3 nitrogen and oxygen atoms in total. The summed E-state index contributed by atoms with van der Waals surface area (Å²) in [7, 11) is 0. The molecule has 2 heterocycles. The van der Waals surface area contributed by atoms with Gasteiger partial charge < -0.3 is 5.73 Å². The Bertz CT molecular complexity index is 408. The summed E-state index contributed by atoms with van der Waals surface area (Å²) in [6.07, 6.45) is 3.69. The zero-order valence-electron chi connectivity index (χ0n) is 6.37. The number of hydrogen-bond acceptors (Lipinski definition) is 2. The Labute approximate surface area is 78.3 Å². The Morgan fingerprint density at radius 1 is 1.58 bits per heavy atom. The van der Waals surface area contributed by atoms with E-state index < -0.39 is 0 Å². The lowest BCUT2D eigenvalue weighted by atomic mass is 10.3. The maximum Gasteiger partial charge on any atom is 0.0848 e. The first-order valence-electron chi connectivity index (χ1n) is 3.63. The fourth-order valence-corrected chi connectivity index (χ4v) is 1.80. The predicted molar refractivity (Wildman–Crippen MR) is 50.8 cm³/mol. The van der Waals surface area contributed by atoms with Crippen LogP contribution in [0, 0.1) is 0 Å². The molecule has 0 bridgehead atoms. The van der Waals surface area contributed by atoms with Gasteiger partial charge in [0.2, 0.25) is 0 Å². The molecule has 0 aliphatic heterocycles. The van der Waals surface area contributed by atoms with Crippen molar-refractivity contribution in [1.82, 2.24) is 9.61 Å². The molecule has 62 valence electrons. The molecule has 0 aliphatic carbocycles. The van der Waals surface area contributed by atoms with Crippen LogP contribution in [0.4, 0.5) is 0 Å². The van der Waals surface area contributed by atoms with E-state index in [4.69, 9.17) is 5.73 Å². The number of hydrogen-bond donors (Lipinski definition) is 1. The first-order valence-corrected chi connectivity index (χ1v) is 4.43. The van der Waals surface area contributed by atoms with Gasteiger partial charge in [-0.1, -0.05) is 0 Å².